The molecule has 15 nitrogen and oxygen atoms in total. The molecule has 7 rings (SSSR count). The maximum Gasteiger partial charge on any atom is 0.413 e. The second-order valence-corrected chi connectivity index (χ2v) is 12.7. The SMILES string of the molecule is COc1ccc2nc(-c3ccc(-c4ccnc(N(CCOCCOCCOc5ccc6c(c5)CN(C5CCC(=O)NC5=O)C6=O)C(=O)O)c4)cc3)cn2c1. The van der Waals surface area contributed by atoms with Crippen molar-refractivity contribution in [2.24, 2.45) is 0 Å². The molecule has 1 fully saturated rings. The first-order valence-electron chi connectivity index (χ1n) is 17.4. The van der Waals surface area contributed by atoms with Crippen LogP contribution in [0.4, 0.5) is 10.6 Å². The van der Waals surface area contributed by atoms with Crippen LogP contribution < -0.4 is 19.7 Å². The molecule has 2 aromatic carbocycles. The Bertz CT molecular complexity index is 2190. The number of fused-ring (bicyclic) bond motifs is 2. The van der Waals surface area contributed by atoms with Gasteiger partial charge in [0.05, 0.1) is 52.0 Å². The molecule has 278 valence electrons. The molecule has 5 heterocycles. The monoisotopic (exact) mass is 734 g/mol. The lowest BCUT2D eigenvalue weighted by atomic mass is 10.0. The number of aromatic nitrogens is 3. The fourth-order valence-electron chi connectivity index (χ4n) is 6.46. The van der Waals surface area contributed by atoms with Gasteiger partial charge in [-0.15, -0.1) is 0 Å². The molecule has 0 aliphatic carbocycles. The van der Waals surface area contributed by atoms with E-state index in [2.05, 4.69) is 10.3 Å². The van der Waals surface area contributed by atoms with Crippen LogP contribution in [0.25, 0.3) is 28.0 Å². The summed E-state index contributed by atoms with van der Waals surface area (Å²) in [6.07, 6.45) is 4.75. The lowest BCUT2D eigenvalue weighted by Gasteiger charge is -2.29. The second-order valence-electron chi connectivity index (χ2n) is 12.7. The van der Waals surface area contributed by atoms with E-state index in [-0.39, 0.29) is 70.2 Å². The van der Waals surface area contributed by atoms with Crippen LogP contribution in [0.1, 0.15) is 28.8 Å². The lowest BCUT2D eigenvalue weighted by molar-refractivity contribution is -0.136. The first kappa shape index (κ1) is 36.1. The molecule has 3 aromatic heterocycles. The zero-order valence-corrected chi connectivity index (χ0v) is 29.5. The Kier molecular flexibility index (Phi) is 10.8. The van der Waals surface area contributed by atoms with E-state index in [0.717, 1.165) is 44.2 Å². The Hall–Kier alpha value is -6.32. The molecular weight excluding hydrogens is 696 g/mol. The highest BCUT2D eigenvalue weighted by atomic mass is 16.5. The van der Waals surface area contributed by atoms with Crippen LogP contribution in [-0.4, -0.2) is 101 Å². The third-order valence-electron chi connectivity index (χ3n) is 9.25. The van der Waals surface area contributed by atoms with Gasteiger partial charge in [-0.3, -0.25) is 24.6 Å². The summed E-state index contributed by atoms with van der Waals surface area (Å²) in [7, 11) is 1.62. The van der Waals surface area contributed by atoms with E-state index in [9.17, 15) is 24.3 Å². The molecule has 0 spiro atoms. The fraction of sp³-hybridized carbons (Fsp3) is 0.282. The number of imide groups is 1. The predicted molar refractivity (Wildman–Crippen MR) is 195 cm³/mol. The van der Waals surface area contributed by atoms with Crippen LogP contribution in [0, 0.1) is 0 Å². The van der Waals surface area contributed by atoms with Gasteiger partial charge in [0.25, 0.3) is 5.91 Å². The zero-order valence-electron chi connectivity index (χ0n) is 29.5. The van der Waals surface area contributed by atoms with Crippen molar-refractivity contribution in [2.75, 3.05) is 51.6 Å². The number of carboxylic acid groups (broad SMARTS) is 1. The molecule has 0 saturated carbocycles. The van der Waals surface area contributed by atoms with Crippen molar-refractivity contribution in [1.82, 2.24) is 24.6 Å². The molecule has 54 heavy (non-hydrogen) atoms. The second kappa shape index (κ2) is 16.1. The Morgan fingerprint density at radius 1 is 0.889 bits per heavy atom. The van der Waals surface area contributed by atoms with Crippen molar-refractivity contribution in [3.8, 4) is 33.9 Å². The van der Waals surface area contributed by atoms with Gasteiger partial charge in [-0.1, -0.05) is 24.3 Å². The zero-order chi connectivity index (χ0) is 37.6. The minimum Gasteiger partial charge on any atom is -0.495 e. The number of pyridine rings is 2. The number of nitrogens with zero attached hydrogens (tertiary/aromatic N) is 5. The Morgan fingerprint density at radius 3 is 2.43 bits per heavy atom. The quantitative estimate of drug-likeness (QED) is 0.115. The number of carbonyl (C=O) groups is 4. The molecule has 2 aliphatic heterocycles. The summed E-state index contributed by atoms with van der Waals surface area (Å²) in [4.78, 5) is 60.4. The van der Waals surface area contributed by atoms with Gasteiger partial charge in [0, 0.05) is 36.5 Å². The van der Waals surface area contributed by atoms with Crippen molar-refractivity contribution >= 4 is 35.3 Å². The molecule has 1 unspecified atom stereocenters. The van der Waals surface area contributed by atoms with Crippen LogP contribution in [-0.2, 0) is 25.6 Å². The van der Waals surface area contributed by atoms with Crippen molar-refractivity contribution in [3.05, 3.63) is 96.4 Å². The molecule has 1 saturated heterocycles. The van der Waals surface area contributed by atoms with Crippen molar-refractivity contribution in [2.45, 2.75) is 25.4 Å². The maximum absolute atomic E-state index is 12.9. The van der Waals surface area contributed by atoms with Gasteiger partial charge in [-0.2, -0.15) is 0 Å². The number of anilines is 1. The van der Waals surface area contributed by atoms with E-state index in [4.69, 9.17) is 23.9 Å². The predicted octanol–water partition coefficient (Wildman–Crippen LogP) is 4.43. The van der Waals surface area contributed by atoms with Gasteiger partial charge in [0.2, 0.25) is 11.8 Å². The summed E-state index contributed by atoms with van der Waals surface area (Å²) < 4.78 is 24.3. The van der Waals surface area contributed by atoms with Crippen molar-refractivity contribution < 1.29 is 43.2 Å². The van der Waals surface area contributed by atoms with Crippen molar-refractivity contribution in [3.63, 3.8) is 0 Å². The van der Waals surface area contributed by atoms with Gasteiger partial charge in [-0.25, -0.2) is 14.8 Å². The van der Waals surface area contributed by atoms with E-state index in [0.29, 0.717) is 17.7 Å². The first-order chi connectivity index (χ1) is 26.3. The molecule has 1 atom stereocenters. The molecule has 5 aromatic rings. The molecule has 0 bridgehead atoms. The van der Waals surface area contributed by atoms with Crippen LogP contribution in [0.15, 0.2) is 85.3 Å². The minimum absolute atomic E-state index is 0.0777. The van der Waals surface area contributed by atoms with Crippen LogP contribution in [0.3, 0.4) is 0 Å². The number of hydrogen-bond donors (Lipinski definition) is 2. The topological polar surface area (TPSA) is 174 Å². The normalized spacial score (nSPS) is 15.3. The average Bonchev–Trinajstić information content (AvgIpc) is 3.75. The Labute approximate surface area is 310 Å². The van der Waals surface area contributed by atoms with Gasteiger partial charge in [0.1, 0.15) is 35.6 Å². The molecule has 2 aliphatic rings. The highest BCUT2D eigenvalue weighted by molar-refractivity contribution is 6.05. The first-order valence-corrected chi connectivity index (χ1v) is 17.4. The molecule has 4 amide bonds. The minimum atomic E-state index is -1.14. The van der Waals surface area contributed by atoms with E-state index in [1.807, 2.05) is 59.3 Å². The van der Waals surface area contributed by atoms with E-state index >= 15 is 0 Å². The summed E-state index contributed by atoms with van der Waals surface area (Å²) in [5.41, 5.74) is 5.55. The van der Waals surface area contributed by atoms with Crippen LogP contribution in [0.5, 0.6) is 11.5 Å². The molecule has 2 N–H and O–H groups in total. The van der Waals surface area contributed by atoms with Crippen LogP contribution in [0.2, 0.25) is 0 Å². The molecule has 0 radical (unpaired) electrons. The Balaban J connectivity index is 0.833. The van der Waals surface area contributed by atoms with Crippen LogP contribution >= 0.6 is 0 Å². The average molecular weight is 735 g/mol. The highest BCUT2D eigenvalue weighted by Gasteiger charge is 2.39. The number of ether oxygens (including phenoxy) is 4. The van der Waals surface area contributed by atoms with E-state index in [1.165, 1.54) is 4.90 Å². The van der Waals surface area contributed by atoms with Crippen molar-refractivity contribution in [1.29, 1.82) is 0 Å². The van der Waals surface area contributed by atoms with E-state index in [1.54, 1.807) is 37.6 Å². The third kappa shape index (κ3) is 8.01. The standard InChI is InChI=1S/C39H38N6O9/c1-51-30-7-10-34-41-32(24-43(34)23-30)26-4-2-25(3-5-26)27-12-13-40-35(21-27)44(39(49)50)14-15-52-16-17-53-18-19-54-29-6-8-31-28(20-29)22-45(38(31)48)33-9-11-36(46)42-37(33)47/h2-8,10,12-13,20-21,23-24,33H,9,11,14-19,22H2,1H3,(H,49,50)(H,42,46,47). The third-order valence-corrected chi connectivity index (χ3v) is 9.25. The number of nitrogens with one attached hydrogen (secondary N) is 1. The largest absolute Gasteiger partial charge is 0.495 e. The number of amides is 4. The number of methoxy groups -OCH3 is 1. The number of hydrogen-bond acceptors (Lipinski definition) is 10. The van der Waals surface area contributed by atoms with Gasteiger partial charge in [0.15, 0.2) is 0 Å². The Morgan fingerprint density at radius 2 is 1.65 bits per heavy atom. The fourth-order valence-corrected chi connectivity index (χ4v) is 6.46. The summed E-state index contributed by atoms with van der Waals surface area (Å²) in [5, 5.41) is 12.2. The number of piperidine rings is 1. The summed E-state index contributed by atoms with van der Waals surface area (Å²) in [5.74, 6) is 0.578. The lowest BCUT2D eigenvalue weighted by Crippen LogP contribution is -2.52. The van der Waals surface area contributed by atoms with Gasteiger partial charge >= 0.3 is 6.09 Å². The number of imidazole rings is 1. The highest BCUT2D eigenvalue weighted by Crippen LogP contribution is 2.31. The van der Waals surface area contributed by atoms with E-state index < -0.39 is 18.0 Å². The number of carbonyl (C=O) groups excluding carboxylic acids is 3. The van der Waals surface area contributed by atoms with Gasteiger partial charge < -0.3 is 33.4 Å². The molecule has 15 heteroatoms. The summed E-state index contributed by atoms with van der Waals surface area (Å²) in [6, 6.07) is 19.7. The smallest absolute Gasteiger partial charge is 0.413 e. The maximum atomic E-state index is 12.9. The summed E-state index contributed by atoms with van der Waals surface area (Å²) >= 11 is 0. The van der Waals surface area contributed by atoms with Gasteiger partial charge in [-0.05, 0) is 65.6 Å². The molecular formula is C39H38N6O9. The summed E-state index contributed by atoms with van der Waals surface area (Å²) in [6.45, 7) is 1.57. The number of rotatable bonds is 15. The number of benzene rings is 2.